The standard InChI is InChI=1S/C81H72N2O2/c1-50(2)53-35-39-60(40-36-53)82(73-33-17-29-63(79(73)84)59-27-15-26-58(47-59)62-28-14-9-19-52(62)5)75-48-71(56-22-10-11-23-56)65-44-46-70-76(49-72(57-24-12-13-25-57)66-43-45-69(75)77(65)78(66)70)83(61-41-37-54(38-42-61)51(3)4)74-34-18-32-68-67-31-16-30-64(80(67)85-81(68)74)55-20-7-6-8-21-55/h6-9,14-21,26-51,56-57,84H,10-13,22-25H2,1-5H3. The van der Waals surface area contributed by atoms with Gasteiger partial charge in [0.2, 0.25) is 0 Å². The number of phenols is 1. The van der Waals surface area contributed by atoms with Crippen LogP contribution >= 0.6 is 0 Å². The van der Waals surface area contributed by atoms with Crippen LogP contribution < -0.4 is 9.80 Å². The molecule has 0 aliphatic heterocycles. The maximum atomic E-state index is 13.2. The van der Waals surface area contributed by atoms with Crippen LogP contribution in [0.3, 0.4) is 0 Å². The topological polar surface area (TPSA) is 39.9 Å². The Balaban J connectivity index is 1.02. The average molecular weight is 1110 g/mol. The molecule has 0 amide bonds. The smallest absolute Gasteiger partial charge is 0.159 e. The third kappa shape index (κ3) is 9.03. The van der Waals surface area contributed by atoms with E-state index in [-0.39, 0.29) is 5.75 Å². The van der Waals surface area contributed by atoms with Gasteiger partial charge in [0.25, 0.3) is 0 Å². The van der Waals surface area contributed by atoms with E-state index in [9.17, 15) is 5.11 Å². The van der Waals surface area contributed by atoms with Gasteiger partial charge < -0.3 is 19.3 Å². The maximum absolute atomic E-state index is 13.2. The molecule has 13 aromatic rings. The van der Waals surface area contributed by atoms with Crippen LogP contribution in [0.5, 0.6) is 5.75 Å². The predicted octanol–water partition coefficient (Wildman–Crippen LogP) is 24.0. The second-order valence-electron chi connectivity index (χ2n) is 25.0. The van der Waals surface area contributed by atoms with Crippen molar-refractivity contribution in [3.05, 3.63) is 246 Å². The monoisotopic (exact) mass is 1100 g/mol. The minimum absolute atomic E-state index is 0.256. The van der Waals surface area contributed by atoms with Crippen molar-refractivity contribution in [2.45, 2.75) is 110 Å². The molecular weight excluding hydrogens is 1030 g/mol. The van der Waals surface area contributed by atoms with Crippen LogP contribution in [0.2, 0.25) is 0 Å². The average Bonchev–Trinajstić information content (AvgIpc) is 1.80. The minimum Gasteiger partial charge on any atom is -0.505 e. The van der Waals surface area contributed by atoms with Crippen LogP contribution in [0.25, 0.3) is 87.6 Å². The number of aromatic hydroxyl groups is 1. The number of hydrogen-bond donors (Lipinski definition) is 1. The van der Waals surface area contributed by atoms with E-state index in [1.165, 1.54) is 91.4 Å². The number of furan rings is 1. The molecule has 0 atom stereocenters. The van der Waals surface area contributed by atoms with Crippen LogP contribution in [-0.4, -0.2) is 5.11 Å². The molecule has 0 unspecified atom stereocenters. The zero-order chi connectivity index (χ0) is 57.4. The summed E-state index contributed by atoms with van der Waals surface area (Å²) in [7, 11) is 0. The molecule has 0 radical (unpaired) electrons. The van der Waals surface area contributed by atoms with Crippen LogP contribution in [0.4, 0.5) is 34.1 Å². The first-order valence-electron chi connectivity index (χ1n) is 31.2. The Kier molecular flexibility index (Phi) is 13.3. The highest BCUT2D eigenvalue weighted by molar-refractivity contribution is 6.30. The van der Waals surface area contributed by atoms with E-state index in [4.69, 9.17) is 4.42 Å². The van der Waals surface area contributed by atoms with Gasteiger partial charge in [0.05, 0.1) is 22.7 Å². The van der Waals surface area contributed by atoms with Crippen molar-refractivity contribution in [2.75, 3.05) is 9.80 Å². The van der Waals surface area contributed by atoms with Gasteiger partial charge in [-0.1, -0.05) is 217 Å². The van der Waals surface area contributed by atoms with Crippen molar-refractivity contribution in [3.63, 3.8) is 0 Å². The fourth-order valence-electron chi connectivity index (χ4n) is 14.9. The summed E-state index contributed by atoms with van der Waals surface area (Å²) in [4.78, 5) is 4.91. The summed E-state index contributed by atoms with van der Waals surface area (Å²) < 4.78 is 7.34. The second-order valence-corrected chi connectivity index (χ2v) is 25.0. The molecule has 2 aliphatic rings. The maximum Gasteiger partial charge on any atom is 0.159 e. The van der Waals surface area contributed by atoms with E-state index in [0.717, 1.165) is 110 Å². The quantitative estimate of drug-likeness (QED) is 0.117. The van der Waals surface area contributed by atoms with Crippen LogP contribution in [0.1, 0.15) is 131 Å². The molecule has 1 N–H and O–H groups in total. The molecule has 1 heterocycles. The third-order valence-corrected chi connectivity index (χ3v) is 19.3. The number of fused-ring (bicyclic) bond motifs is 3. The molecule has 4 nitrogen and oxygen atoms in total. The Morgan fingerprint density at radius 2 is 0.824 bits per heavy atom. The SMILES string of the molecule is Cc1ccccc1-c1cccc(-c2cccc(N(c3ccc(C(C)C)cc3)c3cc(C4CCCC4)c4ccc5c(N(c6ccc(C(C)C)cc6)c6cccc7c6oc6c(-c8ccccc8)cccc67)cc(C6CCCC6)c6ccc3c4c65)c2O)c1. The molecule has 85 heavy (non-hydrogen) atoms. The largest absolute Gasteiger partial charge is 0.505 e. The fraction of sp³-hybridized carbons (Fsp3) is 0.210. The lowest BCUT2D eigenvalue weighted by Gasteiger charge is -2.32. The molecular formula is C81H72N2O2. The van der Waals surface area contributed by atoms with E-state index >= 15 is 0 Å². The number of hydrogen-bond acceptors (Lipinski definition) is 4. The van der Waals surface area contributed by atoms with Gasteiger partial charge in [0.15, 0.2) is 5.58 Å². The molecule has 0 spiro atoms. The number of benzene rings is 12. The van der Waals surface area contributed by atoms with Crippen molar-refractivity contribution in [1.29, 1.82) is 0 Å². The lowest BCUT2D eigenvalue weighted by atomic mass is 9.82. The van der Waals surface area contributed by atoms with E-state index in [0.29, 0.717) is 23.7 Å². The van der Waals surface area contributed by atoms with E-state index in [2.05, 4.69) is 263 Å². The summed E-state index contributed by atoms with van der Waals surface area (Å²) in [5.41, 5.74) is 20.8. The summed E-state index contributed by atoms with van der Waals surface area (Å²) in [6.45, 7) is 11.2. The van der Waals surface area contributed by atoms with Crippen LogP contribution in [-0.2, 0) is 0 Å². The van der Waals surface area contributed by atoms with Gasteiger partial charge in [-0.2, -0.15) is 0 Å². The first-order valence-corrected chi connectivity index (χ1v) is 31.2. The Hall–Kier alpha value is -9.12. The molecule has 0 bridgehead atoms. The van der Waals surface area contributed by atoms with Crippen molar-refractivity contribution in [1.82, 2.24) is 0 Å². The highest BCUT2D eigenvalue weighted by atomic mass is 16.3. The predicted molar refractivity (Wildman–Crippen MR) is 360 cm³/mol. The molecule has 418 valence electrons. The zero-order valence-electron chi connectivity index (χ0n) is 49.5. The molecule has 12 aromatic carbocycles. The third-order valence-electron chi connectivity index (χ3n) is 19.3. The summed E-state index contributed by atoms with van der Waals surface area (Å²) in [5, 5.41) is 23.0. The van der Waals surface area contributed by atoms with Crippen LogP contribution in [0.15, 0.2) is 223 Å². The van der Waals surface area contributed by atoms with Gasteiger partial charge in [-0.25, -0.2) is 0 Å². The normalized spacial score (nSPS) is 14.2. The van der Waals surface area contributed by atoms with Gasteiger partial charge in [0, 0.05) is 44.0 Å². The summed E-state index contributed by atoms with van der Waals surface area (Å²) in [6, 6.07) is 80.8. The fourth-order valence-corrected chi connectivity index (χ4v) is 14.9. The number of phenolic OH excluding ortho intramolecular Hbond substituents is 1. The zero-order valence-corrected chi connectivity index (χ0v) is 49.5. The summed E-state index contributed by atoms with van der Waals surface area (Å²) in [6.07, 6.45) is 9.51. The van der Waals surface area contributed by atoms with Gasteiger partial charge in [-0.05, 0) is 182 Å². The Morgan fingerprint density at radius 1 is 0.376 bits per heavy atom. The lowest BCUT2D eigenvalue weighted by Crippen LogP contribution is -2.14. The van der Waals surface area contributed by atoms with Crippen LogP contribution in [0, 0.1) is 6.92 Å². The molecule has 2 fully saturated rings. The molecule has 4 heteroatoms. The van der Waals surface area contributed by atoms with Gasteiger partial charge in [-0.3, -0.25) is 0 Å². The number of anilines is 6. The Labute approximate surface area is 500 Å². The van der Waals surface area contributed by atoms with Gasteiger partial charge in [0.1, 0.15) is 11.3 Å². The van der Waals surface area contributed by atoms with Crippen molar-refractivity contribution < 1.29 is 9.52 Å². The first kappa shape index (κ1) is 52.7. The molecule has 1 aromatic heterocycles. The number of rotatable bonds is 13. The van der Waals surface area contributed by atoms with E-state index in [1.807, 2.05) is 0 Å². The van der Waals surface area contributed by atoms with E-state index < -0.39 is 0 Å². The van der Waals surface area contributed by atoms with Gasteiger partial charge in [-0.15, -0.1) is 0 Å². The highest BCUT2D eigenvalue weighted by Gasteiger charge is 2.32. The molecule has 2 aliphatic carbocycles. The Bertz CT molecular complexity index is 4630. The lowest BCUT2D eigenvalue weighted by molar-refractivity contribution is 0.478. The van der Waals surface area contributed by atoms with Crippen molar-refractivity contribution in [3.8, 4) is 39.1 Å². The Morgan fingerprint density at radius 3 is 1.40 bits per heavy atom. The molecule has 0 saturated heterocycles. The molecule has 2 saturated carbocycles. The first-order chi connectivity index (χ1) is 41.7. The molecule has 15 rings (SSSR count). The summed E-state index contributed by atoms with van der Waals surface area (Å²) in [5.74, 6) is 1.82. The number of aryl methyl sites for hydroxylation is 1. The van der Waals surface area contributed by atoms with E-state index in [1.54, 1.807) is 0 Å². The van der Waals surface area contributed by atoms with Crippen molar-refractivity contribution in [2.24, 2.45) is 0 Å². The van der Waals surface area contributed by atoms with Gasteiger partial charge >= 0.3 is 0 Å². The minimum atomic E-state index is 0.256. The number of para-hydroxylation sites is 3. The number of nitrogens with zero attached hydrogens (tertiary/aromatic N) is 2. The van der Waals surface area contributed by atoms with Crippen molar-refractivity contribution >= 4 is 88.4 Å². The second kappa shape index (κ2) is 21.5. The summed E-state index contributed by atoms with van der Waals surface area (Å²) >= 11 is 0. The highest BCUT2D eigenvalue weighted by Crippen LogP contribution is 2.56.